The van der Waals surface area contributed by atoms with Crippen LogP contribution in [0.5, 0.6) is 0 Å². The maximum absolute atomic E-state index is 2.58. The van der Waals surface area contributed by atoms with Gasteiger partial charge in [0.05, 0.1) is 0 Å². The fraction of sp³-hybridized carbons (Fsp3) is 0.172. The zero-order valence-corrected chi connectivity index (χ0v) is 20.7. The maximum Gasteiger partial charge on any atom is 0.0347 e. The Balaban J connectivity index is 1.55. The van der Waals surface area contributed by atoms with Crippen molar-refractivity contribution < 1.29 is 0 Å². The van der Waals surface area contributed by atoms with Gasteiger partial charge in [0.1, 0.15) is 0 Å². The molecule has 3 heteroatoms. The van der Waals surface area contributed by atoms with Gasteiger partial charge in [-0.3, -0.25) is 4.90 Å². The summed E-state index contributed by atoms with van der Waals surface area (Å²) in [4.78, 5) is 2.58. The summed E-state index contributed by atoms with van der Waals surface area (Å²) < 4.78 is 0. The van der Waals surface area contributed by atoms with E-state index in [1.54, 1.807) is 0 Å². The average Bonchev–Trinajstić information content (AvgIpc) is 2.87. The van der Waals surface area contributed by atoms with Crippen LogP contribution < -0.4 is 21.2 Å². The molecule has 0 aliphatic heterocycles. The van der Waals surface area contributed by atoms with Crippen LogP contribution in [0.1, 0.15) is 6.92 Å². The molecule has 0 bridgehead atoms. The lowest BCUT2D eigenvalue weighted by atomic mass is 10.4. The van der Waals surface area contributed by atoms with Gasteiger partial charge in [-0.1, -0.05) is 121 Å². The lowest BCUT2D eigenvalue weighted by molar-refractivity contribution is 0.345. The third-order valence-corrected chi connectivity index (χ3v) is 11.2. The Morgan fingerprint density at radius 1 is 0.562 bits per heavy atom. The summed E-state index contributed by atoms with van der Waals surface area (Å²) in [5, 5.41) is 5.81. The molecule has 1 atom stereocenters. The molecule has 162 valence electrons. The highest BCUT2D eigenvalue weighted by Gasteiger charge is 2.25. The van der Waals surface area contributed by atoms with E-state index in [2.05, 4.69) is 140 Å². The lowest BCUT2D eigenvalue weighted by Gasteiger charge is -2.34. The summed E-state index contributed by atoms with van der Waals surface area (Å²) in [5.41, 5.74) is 0. The first-order chi connectivity index (χ1) is 15.7. The van der Waals surface area contributed by atoms with Gasteiger partial charge >= 0.3 is 0 Å². The molecule has 1 nitrogen and oxygen atoms in total. The lowest BCUT2D eigenvalue weighted by Crippen LogP contribution is -2.36. The first kappa shape index (κ1) is 22.9. The molecule has 0 saturated heterocycles. The zero-order valence-electron chi connectivity index (χ0n) is 18.9. The molecular formula is C29H31NP2. The minimum Gasteiger partial charge on any atom is -0.299 e. The predicted molar refractivity (Wildman–Crippen MR) is 145 cm³/mol. The average molecular weight is 456 g/mol. The third kappa shape index (κ3) is 5.73. The fourth-order valence-corrected chi connectivity index (χ4v) is 9.07. The summed E-state index contributed by atoms with van der Waals surface area (Å²) >= 11 is 0. The maximum atomic E-state index is 2.58. The minimum absolute atomic E-state index is 0.370. The molecule has 0 fully saturated rings. The third-order valence-electron chi connectivity index (χ3n) is 5.89. The monoisotopic (exact) mass is 455 g/mol. The summed E-state index contributed by atoms with van der Waals surface area (Å²) in [7, 11) is 1.47. The first-order valence-electron chi connectivity index (χ1n) is 11.2. The smallest absolute Gasteiger partial charge is 0.0347 e. The van der Waals surface area contributed by atoms with Gasteiger partial charge in [0, 0.05) is 12.3 Å². The molecule has 0 aromatic heterocycles. The molecule has 0 radical (unpaired) electrons. The van der Waals surface area contributed by atoms with Crippen molar-refractivity contribution in [2.24, 2.45) is 0 Å². The Morgan fingerprint density at radius 2 is 0.906 bits per heavy atom. The highest BCUT2D eigenvalue weighted by Crippen LogP contribution is 2.41. The Morgan fingerprint density at radius 3 is 1.28 bits per heavy atom. The minimum atomic E-state index is -0.458. The van der Waals surface area contributed by atoms with Crippen molar-refractivity contribution in [3.63, 3.8) is 0 Å². The summed E-state index contributed by atoms with van der Waals surface area (Å²) in [6.45, 7) is 3.48. The zero-order chi connectivity index (χ0) is 22.2. The molecule has 4 aromatic carbocycles. The van der Waals surface area contributed by atoms with Gasteiger partial charge in [-0.2, -0.15) is 0 Å². The molecule has 1 unspecified atom stereocenters. The van der Waals surface area contributed by atoms with Crippen molar-refractivity contribution in [1.82, 2.24) is 4.90 Å². The van der Waals surface area contributed by atoms with Crippen LogP contribution in [-0.2, 0) is 0 Å². The number of hydrogen-bond acceptors (Lipinski definition) is 1. The van der Waals surface area contributed by atoms with E-state index in [0.29, 0.717) is 5.78 Å². The van der Waals surface area contributed by atoms with E-state index in [4.69, 9.17) is 0 Å². The largest absolute Gasteiger partial charge is 0.299 e. The van der Waals surface area contributed by atoms with Gasteiger partial charge in [-0.05, 0) is 57.2 Å². The van der Waals surface area contributed by atoms with Crippen LogP contribution in [0.15, 0.2) is 121 Å². The molecule has 0 N–H and O–H groups in total. The van der Waals surface area contributed by atoms with Crippen molar-refractivity contribution in [3.05, 3.63) is 121 Å². The molecule has 32 heavy (non-hydrogen) atoms. The highest BCUT2D eigenvalue weighted by molar-refractivity contribution is 7.73. The van der Waals surface area contributed by atoms with Gasteiger partial charge in [-0.25, -0.2) is 0 Å². The second-order valence-electron chi connectivity index (χ2n) is 7.98. The topological polar surface area (TPSA) is 3.24 Å². The van der Waals surface area contributed by atoms with Crippen molar-refractivity contribution in [1.29, 1.82) is 0 Å². The van der Waals surface area contributed by atoms with Crippen LogP contribution >= 0.6 is 15.8 Å². The van der Waals surface area contributed by atoms with Gasteiger partial charge in [0.15, 0.2) is 0 Å². The van der Waals surface area contributed by atoms with E-state index in [0.717, 1.165) is 12.7 Å². The van der Waals surface area contributed by atoms with E-state index >= 15 is 0 Å². The van der Waals surface area contributed by atoms with E-state index in [1.165, 1.54) is 21.2 Å². The van der Waals surface area contributed by atoms with Crippen LogP contribution in [0.3, 0.4) is 0 Å². The normalized spacial score (nSPS) is 12.4. The molecule has 0 aliphatic rings. The van der Waals surface area contributed by atoms with Crippen molar-refractivity contribution in [3.8, 4) is 0 Å². The van der Waals surface area contributed by atoms with E-state index < -0.39 is 7.92 Å². The summed E-state index contributed by atoms with van der Waals surface area (Å²) in [5.74, 6) is 0.457. The molecule has 0 heterocycles. The fourth-order valence-electron chi connectivity index (χ4n) is 4.02. The number of rotatable bonds is 9. The standard InChI is InChI=1S/C29H31NP2/c1-25(32(28-19-11-5-12-20-28)29-21-13-6-14-22-29)30(2)23-24-31(26-15-7-3-8-16-26)27-17-9-4-10-18-27/h3-22,25H,23-24H2,1-2H3. The first-order valence-corrected chi connectivity index (χ1v) is 14.1. The predicted octanol–water partition coefficient (Wildman–Crippen LogP) is 5.53. The van der Waals surface area contributed by atoms with E-state index in [1.807, 2.05) is 0 Å². The van der Waals surface area contributed by atoms with Gasteiger partial charge < -0.3 is 0 Å². The molecule has 0 spiro atoms. The molecule has 0 aliphatic carbocycles. The van der Waals surface area contributed by atoms with E-state index in [-0.39, 0.29) is 7.92 Å². The van der Waals surface area contributed by atoms with Crippen LogP contribution in [0.4, 0.5) is 0 Å². The van der Waals surface area contributed by atoms with Gasteiger partial charge in [0.25, 0.3) is 0 Å². The van der Waals surface area contributed by atoms with E-state index in [9.17, 15) is 0 Å². The molecule has 0 saturated carbocycles. The summed E-state index contributed by atoms with van der Waals surface area (Å²) in [6.07, 6.45) is 1.16. The van der Waals surface area contributed by atoms with Crippen molar-refractivity contribution >= 4 is 37.1 Å². The quantitative estimate of drug-likeness (QED) is 0.300. The summed E-state index contributed by atoms with van der Waals surface area (Å²) in [6, 6.07) is 44.2. The number of benzene rings is 4. The van der Waals surface area contributed by atoms with Crippen molar-refractivity contribution in [2.45, 2.75) is 12.7 Å². The van der Waals surface area contributed by atoms with Crippen molar-refractivity contribution in [2.75, 3.05) is 19.8 Å². The highest BCUT2D eigenvalue weighted by atomic mass is 31.1. The molecule has 0 amide bonds. The number of nitrogens with zero attached hydrogens (tertiary/aromatic N) is 1. The van der Waals surface area contributed by atoms with Crippen LogP contribution in [0.25, 0.3) is 0 Å². The molecule has 4 aromatic rings. The van der Waals surface area contributed by atoms with Crippen LogP contribution in [-0.4, -0.2) is 30.4 Å². The second kappa shape index (κ2) is 11.5. The SMILES string of the molecule is CC(N(C)CCP(c1ccccc1)c1ccccc1)P(c1ccccc1)c1ccccc1. The van der Waals surface area contributed by atoms with Crippen LogP contribution in [0.2, 0.25) is 0 Å². The Kier molecular flexibility index (Phi) is 8.24. The Labute approximate surface area is 195 Å². The number of hydrogen-bond donors (Lipinski definition) is 0. The second-order valence-corrected chi connectivity index (χ2v) is 12.8. The molecular weight excluding hydrogens is 424 g/mol. The van der Waals surface area contributed by atoms with Gasteiger partial charge in [0.2, 0.25) is 0 Å². The molecule has 4 rings (SSSR count). The Hall–Kier alpha value is -2.30. The van der Waals surface area contributed by atoms with Crippen LogP contribution in [0, 0.1) is 0 Å². The Bertz CT molecular complexity index is 976. The van der Waals surface area contributed by atoms with Gasteiger partial charge in [-0.15, -0.1) is 0 Å².